The molecule has 0 aromatic carbocycles. The Morgan fingerprint density at radius 3 is 2.06 bits per heavy atom. The molecule has 2 heteroatoms. The minimum absolute atomic E-state index is 0.367. The van der Waals surface area contributed by atoms with Crippen LogP contribution in [0, 0.1) is 5.41 Å². The van der Waals surface area contributed by atoms with Crippen molar-refractivity contribution in [3.05, 3.63) is 0 Å². The van der Waals surface area contributed by atoms with Crippen LogP contribution in [-0.4, -0.2) is 18.0 Å². The van der Waals surface area contributed by atoms with Gasteiger partial charge in [-0.05, 0) is 25.7 Å². The average Bonchev–Trinajstić information content (AvgIpc) is 2.60. The molecule has 0 bridgehead atoms. The Morgan fingerprint density at radius 2 is 1.62 bits per heavy atom. The topological polar surface area (TPSA) is 9.23 Å². The molecule has 0 aromatic heterocycles. The third kappa shape index (κ3) is 4.37. The molecule has 0 aromatic rings. The van der Waals surface area contributed by atoms with E-state index in [-0.39, 0.29) is 0 Å². The van der Waals surface area contributed by atoms with E-state index < -0.39 is 0 Å². The Bertz CT molecular complexity index is 161. The number of ether oxygens (including phenoxy) is 1. The van der Waals surface area contributed by atoms with Crippen LogP contribution in [0.25, 0.3) is 0 Å². The SMILES string of the molecule is CCC(CC)(CBr)COC1CCCCCC1. The molecule has 1 aliphatic rings. The number of halogens is 1. The second kappa shape index (κ2) is 7.71. The third-order valence-electron chi connectivity index (χ3n) is 4.21. The Labute approximate surface area is 109 Å². The molecule has 0 aliphatic heterocycles. The normalized spacial score (nSPS) is 19.7. The van der Waals surface area contributed by atoms with Crippen LogP contribution >= 0.6 is 15.9 Å². The summed E-state index contributed by atoms with van der Waals surface area (Å²) in [6.45, 7) is 5.50. The van der Waals surface area contributed by atoms with Crippen molar-refractivity contribution in [1.82, 2.24) is 0 Å². The number of rotatable bonds is 6. The predicted molar refractivity (Wildman–Crippen MR) is 74.3 cm³/mol. The van der Waals surface area contributed by atoms with E-state index in [0.29, 0.717) is 11.5 Å². The first-order valence-electron chi connectivity index (χ1n) is 6.94. The fraction of sp³-hybridized carbons (Fsp3) is 1.00. The maximum atomic E-state index is 6.17. The first-order valence-corrected chi connectivity index (χ1v) is 8.06. The molecule has 0 amide bonds. The van der Waals surface area contributed by atoms with Gasteiger partial charge < -0.3 is 4.74 Å². The summed E-state index contributed by atoms with van der Waals surface area (Å²) in [7, 11) is 0. The molecule has 0 radical (unpaired) electrons. The van der Waals surface area contributed by atoms with Gasteiger partial charge in [-0.15, -0.1) is 0 Å². The Balaban J connectivity index is 2.35. The second-order valence-electron chi connectivity index (χ2n) is 5.27. The maximum Gasteiger partial charge on any atom is 0.0575 e. The summed E-state index contributed by atoms with van der Waals surface area (Å²) in [4.78, 5) is 0. The van der Waals surface area contributed by atoms with Crippen LogP contribution in [0.2, 0.25) is 0 Å². The van der Waals surface area contributed by atoms with Gasteiger partial charge in [-0.25, -0.2) is 0 Å². The van der Waals surface area contributed by atoms with Crippen molar-refractivity contribution in [2.75, 3.05) is 11.9 Å². The van der Waals surface area contributed by atoms with Gasteiger partial charge in [0.2, 0.25) is 0 Å². The number of alkyl halides is 1. The zero-order chi connectivity index (χ0) is 11.9. The van der Waals surface area contributed by atoms with Gasteiger partial charge in [0.25, 0.3) is 0 Å². The summed E-state index contributed by atoms with van der Waals surface area (Å²) in [5, 5.41) is 1.07. The Morgan fingerprint density at radius 1 is 1.06 bits per heavy atom. The fourth-order valence-electron chi connectivity index (χ4n) is 2.38. The van der Waals surface area contributed by atoms with Crippen molar-refractivity contribution in [3.8, 4) is 0 Å². The van der Waals surface area contributed by atoms with Crippen molar-refractivity contribution < 1.29 is 4.74 Å². The number of hydrogen-bond acceptors (Lipinski definition) is 1. The third-order valence-corrected chi connectivity index (χ3v) is 5.40. The number of hydrogen-bond donors (Lipinski definition) is 0. The van der Waals surface area contributed by atoms with Gasteiger partial charge in [-0.1, -0.05) is 55.5 Å². The van der Waals surface area contributed by atoms with Crippen LogP contribution in [0.3, 0.4) is 0 Å². The van der Waals surface area contributed by atoms with E-state index in [0.717, 1.165) is 11.9 Å². The Hall–Kier alpha value is 0.440. The molecule has 1 nitrogen and oxygen atoms in total. The molecule has 1 fully saturated rings. The van der Waals surface area contributed by atoms with Crippen molar-refractivity contribution in [2.45, 2.75) is 71.3 Å². The van der Waals surface area contributed by atoms with Gasteiger partial charge in [-0.2, -0.15) is 0 Å². The highest BCUT2D eigenvalue weighted by Crippen LogP contribution is 2.31. The summed E-state index contributed by atoms with van der Waals surface area (Å²) in [5.74, 6) is 0. The van der Waals surface area contributed by atoms with Gasteiger partial charge in [0, 0.05) is 10.7 Å². The minimum atomic E-state index is 0.367. The summed E-state index contributed by atoms with van der Waals surface area (Å²) in [6, 6.07) is 0. The summed E-state index contributed by atoms with van der Waals surface area (Å²) < 4.78 is 6.17. The van der Waals surface area contributed by atoms with E-state index in [1.165, 1.54) is 51.4 Å². The molecule has 1 rings (SSSR count). The maximum absolute atomic E-state index is 6.17. The van der Waals surface area contributed by atoms with Crippen molar-refractivity contribution in [2.24, 2.45) is 5.41 Å². The molecule has 0 spiro atoms. The van der Waals surface area contributed by atoms with E-state index in [1.807, 2.05) is 0 Å². The predicted octanol–water partition coefficient (Wildman–Crippen LogP) is 4.93. The molecule has 0 atom stereocenters. The molecule has 1 aliphatic carbocycles. The van der Waals surface area contributed by atoms with Crippen LogP contribution in [0.5, 0.6) is 0 Å². The van der Waals surface area contributed by atoms with Crippen LogP contribution in [0.15, 0.2) is 0 Å². The lowest BCUT2D eigenvalue weighted by atomic mass is 9.85. The largest absolute Gasteiger partial charge is 0.378 e. The molecule has 0 saturated heterocycles. The standard InChI is InChI=1S/C14H27BrO/c1-3-14(4-2,11-15)12-16-13-9-7-5-6-8-10-13/h13H,3-12H2,1-2H3. The molecule has 16 heavy (non-hydrogen) atoms. The van der Waals surface area contributed by atoms with Gasteiger partial charge in [0.05, 0.1) is 12.7 Å². The first kappa shape index (κ1) is 14.5. The van der Waals surface area contributed by atoms with Gasteiger partial charge in [0.1, 0.15) is 0 Å². The minimum Gasteiger partial charge on any atom is -0.378 e. The smallest absolute Gasteiger partial charge is 0.0575 e. The molecule has 96 valence electrons. The molecular formula is C14H27BrO. The fourth-order valence-corrected chi connectivity index (χ4v) is 3.34. The van der Waals surface area contributed by atoms with Crippen LogP contribution in [0.1, 0.15) is 65.2 Å². The highest BCUT2D eigenvalue weighted by molar-refractivity contribution is 9.09. The zero-order valence-electron chi connectivity index (χ0n) is 10.9. The van der Waals surface area contributed by atoms with E-state index in [4.69, 9.17) is 4.74 Å². The van der Waals surface area contributed by atoms with Crippen LogP contribution < -0.4 is 0 Å². The van der Waals surface area contributed by atoms with Crippen molar-refractivity contribution in [3.63, 3.8) is 0 Å². The Kier molecular flexibility index (Phi) is 6.98. The van der Waals surface area contributed by atoms with Gasteiger partial charge >= 0.3 is 0 Å². The monoisotopic (exact) mass is 290 g/mol. The molecular weight excluding hydrogens is 264 g/mol. The lowest BCUT2D eigenvalue weighted by molar-refractivity contribution is -0.0109. The second-order valence-corrected chi connectivity index (χ2v) is 5.83. The summed E-state index contributed by atoms with van der Waals surface area (Å²) in [6.07, 6.45) is 11.1. The van der Waals surface area contributed by atoms with Crippen molar-refractivity contribution >= 4 is 15.9 Å². The molecule has 1 saturated carbocycles. The quantitative estimate of drug-likeness (QED) is 0.498. The average molecular weight is 291 g/mol. The zero-order valence-corrected chi connectivity index (χ0v) is 12.5. The van der Waals surface area contributed by atoms with Crippen molar-refractivity contribution in [1.29, 1.82) is 0 Å². The lowest BCUT2D eigenvalue weighted by Gasteiger charge is -2.31. The highest BCUT2D eigenvalue weighted by Gasteiger charge is 2.26. The summed E-state index contributed by atoms with van der Waals surface area (Å²) >= 11 is 3.65. The molecule has 0 heterocycles. The first-order chi connectivity index (χ1) is 7.76. The lowest BCUT2D eigenvalue weighted by Crippen LogP contribution is -2.30. The van der Waals surface area contributed by atoms with Crippen LogP contribution in [0.4, 0.5) is 0 Å². The molecule has 0 N–H and O–H groups in total. The van der Waals surface area contributed by atoms with E-state index in [9.17, 15) is 0 Å². The van der Waals surface area contributed by atoms with E-state index >= 15 is 0 Å². The van der Waals surface area contributed by atoms with E-state index in [1.54, 1.807) is 0 Å². The van der Waals surface area contributed by atoms with Gasteiger partial charge in [-0.3, -0.25) is 0 Å². The molecule has 0 unspecified atom stereocenters. The van der Waals surface area contributed by atoms with E-state index in [2.05, 4.69) is 29.8 Å². The summed E-state index contributed by atoms with van der Waals surface area (Å²) in [5.41, 5.74) is 0.367. The van der Waals surface area contributed by atoms with Crippen LogP contribution in [-0.2, 0) is 4.74 Å². The van der Waals surface area contributed by atoms with Gasteiger partial charge in [0.15, 0.2) is 0 Å². The highest BCUT2D eigenvalue weighted by atomic mass is 79.9.